The number of nitrogens with one attached hydrogen (secondary N) is 1. The van der Waals surface area contributed by atoms with E-state index in [-0.39, 0.29) is 5.56 Å². The van der Waals surface area contributed by atoms with E-state index < -0.39 is 0 Å². The molecule has 0 aliphatic rings. The van der Waals surface area contributed by atoms with Gasteiger partial charge >= 0.3 is 0 Å². The zero-order valence-corrected chi connectivity index (χ0v) is 11.5. The zero-order valence-electron chi connectivity index (χ0n) is 9.31. The molecule has 2 heterocycles. The highest BCUT2D eigenvalue weighted by Gasteiger charge is 2.13. The maximum Gasteiger partial charge on any atom is 0.266 e. The van der Waals surface area contributed by atoms with Gasteiger partial charge in [-0.1, -0.05) is 0 Å². The number of hydrogen-bond acceptors (Lipinski definition) is 4. The third-order valence-electron chi connectivity index (χ3n) is 2.39. The van der Waals surface area contributed by atoms with Crippen LogP contribution in [0.5, 0.6) is 0 Å². The predicted molar refractivity (Wildman–Crippen MR) is 73.0 cm³/mol. The molecule has 0 saturated heterocycles. The maximum absolute atomic E-state index is 11.5. The summed E-state index contributed by atoms with van der Waals surface area (Å²) in [5.41, 5.74) is -0.117. The maximum atomic E-state index is 11.5. The third-order valence-corrected chi connectivity index (χ3v) is 3.36. The molecule has 6 heteroatoms. The standard InChI is InChI=1S/C11H12IN3O2/c1-2-15(6-8-4-3-5-17-8)10-9(12)11(16)14-7-13-10/h3-5,7H,2,6H2,1H3,(H,13,14,16). The summed E-state index contributed by atoms with van der Waals surface area (Å²) in [5.74, 6) is 1.54. The van der Waals surface area contributed by atoms with Crippen molar-refractivity contribution in [3.8, 4) is 0 Å². The molecular formula is C11H12IN3O2. The van der Waals surface area contributed by atoms with E-state index in [2.05, 4.69) is 9.97 Å². The number of hydrogen-bond donors (Lipinski definition) is 1. The van der Waals surface area contributed by atoms with Gasteiger partial charge in [0.1, 0.15) is 15.1 Å². The lowest BCUT2D eigenvalue weighted by atomic mass is 10.4. The molecule has 0 aliphatic carbocycles. The van der Waals surface area contributed by atoms with Crippen molar-refractivity contribution in [2.75, 3.05) is 11.4 Å². The van der Waals surface area contributed by atoms with Gasteiger partial charge in [0.15, 0.2) is 0 Å². The van der Waals surface area contributed by atoms with Gasteiger partial charge in [0, 0.05) is 6.54 Å². The van der Waals surface area contributed by atoms with E-state index in [1.807, 2.05) is 46.5 Å². The topological polar surface area (TPSA) is 62.1 Å². The molecule has 2 rings (SSSR count). The van der Waals surface area contributed by atoms with Crippen LogP contribution in [0.2, 0.25) is 0 Å². The number of aromatic amines is 1. The van der Waals surface area contributed by atoms with E-state index >= 15 is 0 Å². The smallest absolute Gasteiger partial charge is 0.266 e. The molecule has 5 nitrogen and oxygen atoms in total. The van der Waals surface area contributed by atoms with Gasteiger partial charge in [-0.3, -0.25) is 4.79 Å². The summed E-state index contributed by atoms with van der Waals surface area (Å²) in [4.78, 5) is 20.3. The lowest BCUT2D eigenvalue weighted by molar-refractivity contribution is 0.502. The number of rotatable bonds is 4. The van der Waals surface area contributed by atoms with E-state index in [1.54, 1.807) is 6.26 Å². The number of furan rings is 1. The molecule has 17 heavy (non-hydrogen) atoms. The first-order valence-electron chi connectivity index (χ1n) is 5.23. The summed E-state index contributed by atoms with van der Waals surface area (Å²) in [6.07, 6.45) is 3.06. The number of nitrogens with zero attached hydrogens (tertiary/aromatic N) is 2. The summed E-state index contributed by atoms with van der Waals surface area (Å²) in [6, 6.07) is 3.75. The minimum absolute atomic E-state index is 0.117. The summed E-state index contributed by atoms with van der Waals surface area (Å²) in [5, 5.41) is 0. The van der Waals surface area contributed by atoms with Crippen molar-refractivity contribution in [3.63, 3.8) is 0 Å². The van der Waals surface area contributed by atoms with Crippen molar-refractivity contribution in [3.05, 3.63) is 44.4 Å². The molecule has 2 aromatic rings. The first kappa shape index (κ1) is 12.2. The van der Waals surface area contributed by atoms with Crippen LogP contribution in [0.3, 0.4) is 0 Å². The molecule has 0 aromatic carbocycles. The van der Waals surface area contributed by atoms with Crippen LogP contribution >= 0.6 is 22.6 Å². The second-order valence-electron chi connectivity index (χ2n) is 3.46. The fourth-order valence-corrected chi connectivity index (χ4v) is 2.16. The normalized spacial score (nSPS) is 10.5. The number of aromatic nitrogens is 2. The van der Waals surface area contributed by atoms with Gasteiger partial charge in [0.05, 0.1) is 19.1 Å². The van der Waals surface area contributed by atoms with Crippen molar-refractivity contribution in [2.45, 2.75) is 13.5 Å². The Morgan fingerprint density at radius 2 is 2.41 bits per heavy atom. The molecule has 0 atom stereocenters. The summed E-state index contributed by atoms with van der Waals surface area (Å²) < 4.78 is 5.90. The van der Waals surface area contributed by atoms with E-state index in [0.717, 1.165) is 12.3 Å². The fourth-order valence-electron chi connectivity index (χ4n) is 1.52. The second kappa shape index (κ2) is 5.35. The molecule has 0 fully saturated rings. The average Bonchev–Trinajstić information content (AvgIpc) is 2.83. The Morgan fingerprint density at radius 1 is 1.59 bits per heavy atom. The Kier molecular flexibility index (Phi) is 3.82. The highest BCUT2D eigenvalue weighted by molar-refractivity contribution is 14.1. The molecule has 2 aromatic heterocycles. The van der Waals surface area contributed by atoms with Gasteiger partial charge < -0.3 is 14.3 Å². The average molecular weight is 345 g/mol. The van der Waals surface area contributed by atoms with E-state index in [9.17, 15) is 4.79 Å². The van der Waals surface area contributed by atoms with Crippen molar-refractivity contribution in [1.82, 2.24) is 9.97 Å². The largest absolute Gasteiger partial charge is 0.467 e. The monoisotopic (exact) mass is 345 g/mol. The van der Waals surface area contributed by atoms with Gasteiger partial charge in [-0.15, -0.1) is 0 Å². The minimum atomic E-state index is -0.117. The molecule has 0 amide bonds. The number of halogens is 1. The molecular weight excluding hydrogens is 333 g/mol. The molecule has 90 valence electrons. The lowest BCUT2D eigenvalue weighted by Crippen LogP contribution is -2.27. The van der Waals surface area contributed by atoms with Crippen molar-refractivity contribution >= 4 is 28.4 Å². The van der Waals surface area contributed by atoms with Gasteiger partial charge in [-0.2, -0.15) is 0 Å². The third kappa shape index (κ3) is 2.68. The quantitative estimate of drug-likeness (QED) is 0.861. The van der Waals surface area contributed by atoms with Gasteiger partial charge in [0.25, 0.3) is 5.56 Å². The van der Waals surface area contributed by atoms with Crippen LogP contribution in [-0.2, 0) is 6.54 Å². The van der Waals surface area contributed by atoms with Crippen LogP contribution in [0.4, 0.5) is 5.82 Å². The second-order valence-corrected chi connectivity index (χ2v) is 4.54. The molecule has 0 radical (unpaired) electrons. The van der Waals surface area contributed by atoms with Crippen molar-refractivity contribution in [2.24, 2.45) is 0 Å². The van der Waals surface area contributed by atoms with Crippen LogP contribution < -0.4 is 10.5 Å². The van der Waals surface area contributed by atoms with Crippen LogP contribution in [0.25, 0.3) is 0 Å². The summed E-state index contributed by atoms with van der Waals surface area (Å²) in [7, 11) is 0. The highest BCUT2D eigenvalue weighted by Crippen LogP contribution is 2.17. The minimum Gasteiger partial charge on any atom is -0.467 e. The van der Waals surface area contributed by atoms with Crippen molar-refractivity contribution < 1.29 is 4.42 Å². The predicted octanol–water partition coefficient (Wildman–Crippen LogP) is 1.99. The van der Waals surface area contributed by atoms with E-state index in [4.69, 9.17) is 4.42 Å². The van der Waals surface area contributed by atoms with Gasteiger partial charge in [-0.25, -0.2) is 4.98 Å². The lowest BCUT2D eigenvalue weighted by Gasteiger charge is -2.21. The SMILES string of the molecule is CCN(Cc1ccco1)c1nc[nH]c(=O)c1I. The molecule has 1 N–H and O–H groups in total. The van der Waals surface area contributed by atoms with Crippen LogP contribution in [0.1, 0.15) is 12.7 Å². The molecule has 0 aliphatic heterocycles. The zero-order chi connectivity index (χ0) is 12.3. The van der Waals surface area contributed by atoms with E-state index in [1.165, 1.54) is 6.33 Å². The van der Waals surface area contributed by atoms with Crippen LogP contribution in [0, 0.1) is 3.57 Å². The first-order valence-corrected chi connectivity index (χ1v) is 6.30. The Morgan fingerprint density at radius 3 is 3.06 bits per heavy atom. The Bertz CT molecular complexity index is 536. The summed E-state index contributed by atoms with van der Waals surface area (Å²) in [6.45, 7) is 3.38. The molecule has 0 unspecified atom stereocenters. The molecule has 0 spiro atoms. The Balaban J connectivity index is 2.29. The molecule has 0 bridgehead atoms. The van der Waals surface area contributed by atoms with Crippen LogP contribution in [0.15, 0.2) is 33.9 Å². The summed E-state index contributed by atoms with van der Waals surface area (Å²) >= 11 is 2.01. The van der Waals surface area contributed by atoms with E-state index in [0.29, 0.717) is 15.9 Å². The molecule has 0 saturated carbocycles. The van der Waals surface area contributed by atoms with Crippen molar-refractivity contribution in [1.29, 1.82) is 0 Å². The van der Waals surface area contributed by atoms with Gasteiger partial charge in [-0.05, 0) is 41.6 Å². The van der Waals surface area contributed by atoms with Crippen LogP contribution in [-0.4, -0.2) is 16.5 Å². The Labute approximate surface area is 112 Å². The highest BCUT2D eigenvalue weighted by atomic mass is 127. The number of H-pyrrole nitrogens is 1. The first-order chi connectivity index (χ1) is 8.22. The Hall–Kier alpha value is -1.31. The number of anilines is 1. The van der Waals surface area contributed by atoms with Gasteiger partial charge in [0.2, 0.25) is 0 Å². The fraction of sp³-hybridized carbons (Fsp3) is 0.273.